The smallest absolute Gasteiger partial charge is 0.290 e. The second-order valence-corrected chi connectivity index (χ2v) is 11.8. The van der Waals surface area contributed by atoms with Gasteiger partial charge in [0.2, 0.25) is 5.91 Å². The first-order valence-electron chi connectivity index (χ1n) is 14.5. The number of hydrogen-bond donors (Lipinski definition) is 0. The SMILES string of the molecule is O=C1SC(Cc2ccc(OCc3cn4ccccc4n3)cc2)C(=O)N1C(c1ccccc1)(c1ccccc1)c1ccccc1. The van der Waals surface area contributed by atoms with Crippen LogP contribution in [0.15, 0.2) is 146 Å². The van der Waals surface area contributed by atoms with Gasteiger partial charge in [-0.1, -0.05) is 121 Å². The van der Waals surface area contributed by atoms with Crippen LogP contribution < -0.4 is 4.74 Å². The van der Waals surface area contributed by atoms with Crippen molar-refractivity contribution >= 4 is 28.6 Å². The van der Waals surface area contributed by atoms with Gasteiger partial charge in [-0.3, -0.25) is 14.5 Å². The quantitative estimate of drug-likeness (QED) is 0.162. The number of amides is 2. The number of fused-ring (bicyclic) bond motifs is 1. The van der Waals surface area contributed by atoms with Gasteiger partial charge in [-0.05, 0) is 52.9 Å². The number of nitrogens with zero attached hydrogens (tertiary/aromatic N) is 3. The number of benzene rings is 4. The summed E-state index contributed by atoms with van der Waals surface area (Å²) in [6.07, 6.45) is 4.33. The number of pyridine rings is 1. The van der Waals surface area contributed by atoms with Crippen LogP contribution in [0.3, 0.4) is 0 Å². The van der Waals surface area contributed by atoms with E-state index < -0.39 is 10.8 Å². The van der Waals surface area contributed by atoms with Gasteiger partial charge in [0.05, 0.1) is 10.9 Å². The van der Waals surface area contributed by atoms with Crippen molar-refractivity contribution < 1.29 is 14.3 Å². The molecule has 44 heavy (non-hydrogen) atoms. The van der Waals surface area contributed by atoms with Gasteiger partial charge < -0.3 is 9.14 Å². The highest BCUT2D eigenvalue weighted by atomic mass is 32.2. The summed E-state index contributed by atoms with van der Waals surface area (Å²) >= 11 is 1.10. The van der Waals surface area contributed by atoms with Gasteiger partial charge in [-0.25, -0.2) is 4.98 Å². The molecule has 1 unspecified atom stereocenters. The lowest BCUT2D eigenvalue weighted by Gasteiger charge is -2.42. The van der Waals surface area contributed by atoms with Crippen LogP contribution in [0.5, 0.6) is 5.75 Å². The monoisotopic (exact) mass is 595 g/mol. The first kappa shape index (κ1) is 27.7. The third-order valence-electron chi connectivity index (χ3n) is 7.98. The molecule has 0 saturated carbocycles. The number of aromatic nitrogens is 2. The molecule has 3 heterocycles. The fraction of sp³-hybridized carbons (Fsp3) is 0.108. The zero-order valence-corrected chi connectivity index (χ0v) is 24.6. The van der Waals surface area contributed by atoms with Crippen molar-refractivity contribution in [3.63, 3.8) is 0 Å². The zero-order chi connectivity index (χ0) is 29.9. The Kier molecular flexibility index (Phi) is 7.46. The molecule has 1 aliphatic heterocycles. The Hall–Kier alpha value is -5.14. The summed E-state index contributed by atoms with van der Waals surface area (Å²) in [5.74, 6) is 0.508. The maximum atomic E-state index is 14.3. The van der Waals surface area contributed by atoms with E-state index in [1.54, 1.807) is 0 Å². The maximum absolute atomic E-state index is 14.3. The van der Waals surface area contributed by atoms with Crippen molar-refractivity contribution in [3.8, 4) is 5.75 Å². The van der Waals surface area contributed by atoms with Crippen LogP contribution in [0.4, 0.5) is 4.79 Å². The molecule has 1 saturated heterocycles. The Labute approximate surface area is 260 Å². The normalized spacial score (nSPS) is 15.2. The number of ether oxygens (including phenoxy) is 1. The standard InChI is InChI=1S/C37H29N3O3S/c41-35-33(24-27-19-21-32(22-20-27)43-26-31-25-39-23-11-10-18-34(39)38-31)44-36(42)40(35)37(28-12-4-1-5-13-28,29-14-6-2-7-15-29)30-16-8-3-9-17-30/h1-23,25,33H,24,26H2. The summed E-state index contributed by atoms with van der Waals surface area (Å²) in [7, 11) is 0. The minimum Gasteiger partial charge on any atom is -0.487 e. The molecule has 7 heteroatoms. The Bertz CT molecular complexity index is 1780. The van der Waals surface area contributed by atoms with Crippen LogP contribution in [-0.2, 0) is 23.4 Å². The number of carbonyl (C=O) groups is 2. The summed E-state index contributed by atoms with van der Waals surface area (Å²) in [6.45, 7) is 0.349. The Morgan fingerprint density at radius 3 is 1.84 bits per heavy atom. The Morgan fingerprint density at radius 1 is 0.705 bits per heavy atom. The first-order valence-corrected chi connectivity index (χ1v) is 15.4. The lowest BCUT2D eigenvalue weighted by atomic mass is 9.75. The molecule has 7 rings (SSSR count). The van der Waals surface area contributed by atoms with E-state index in [0.29, 0.717) is 18.8 Å². The van der Waals surface area contributed by atoms with E-state index in [-0.39, 0.29) is 11.1 Å². The molecular formula is C37H29N3O3S. The van der Waals surface area contributed by atoms with Crippen molar-refractivity contribution in [2.24, 2.45) is 0 Å². The van der Waals surface area contributed by atoms with Crippen molar-refractivity contribution in [1.82, 2.24) is 14.3 Å². The van der Waals surface area contributed by atoms with Gasteiger partial charge in [0.25, 0.3) is 5.24 Å². The van der Waals surface area contributed by atoms with Crippen molar-refractivity contribution in [2.75, 3.05) is 0 Å². The van der Waals surface area contributed by atoms with Crippen LogP contribution in [-0.4, -0.2) is 30.7 Å². The molecule has 0 N–H and O–H groups in total. The molecule has 216 valence electrons. The number of imide groups is 1. The molecule has 2 amide bonds. The van der Waals surface area contributed by atoms with E-state index in [1.807, 2.05) is 150 Å². The largest absolute Gasteiger partial charge is 0.487 e. The van der Waals surface area contributed by atoms with Crippen molar-refractivity contribution in [1.29, 1.82) is 0 Å². The molecule has 0 radical (unpaired) electrons. The molecular weight excluding hydrogens is 566 g/mol. The summed E-state index contributed by atoms with van der Waals surface area (Å²) in [5, 5.41) is -0.813. The second-order valence-electron chi connectivity index (χ2n) is 10.7. The summed E-state index contributed by atoms with van der Waals surface area (Å²) in [6, 6.07) is 43.0. The number of carbonyl (C=O) groups excluding carboxylic acids is 2. The highest BCUT2D eigenvalue weighted by Gasteiger charge is 2.53. The maximum Gasteiger partial charge on any atom is 0.290 e. The Balaban J connectivity index is 1.15. The van der Waals surface area contributed by atoms with Gasteiger partial charge in [-0.2, -0.15) is 0 Å². The molecule has 6 nitrogen and oxygen atoms in total. The van der Waals surface area contributed by atoms with Crippen LogP contribution in [0, 0.1) is 0 Å². The average Bonchev–Trinajstić information content (AvgIpc) is 3.62. The molecule has 1 atom stereocenters. The van der Waals surface area contributed by atoms with Gasteiger partial charge in [0.1, 0.15) is 23.5 Å². The van der Waals surface area contributed by atoms with E-state index in [1.165, 1.54) is 4.90 Å². The molecule has 0 bridgehead atoms. The third-order valence-corrected chi connectivity index (χ3v) is 9.01. The van der Waals surface area contributed by atoms with Crippen LogP contribution in [0.2, 0.25) is 0 Å². The number of thioether (sulfide) groups is 1. The number of hydrogen-bond acceptors (Lipinski definition) is 5. The molecule has 6 aromatic rings. The van der Waals surface area contributed by atoms with Gasteiger partial charge in [-0.15, -0.1) is 0 Å². The van der Waals surface area contributed by atoms with E-state index in [2.05, 4.69) is 4.98 Å². The van der Waals surface area contributed by atoms with Gasteiger partial charge in [0.15, 0.2) is 0 Å². The molecule has 0 spiro atoms. The number of rotatable bonds is 9. The van der Waals surface area contributed by atoms with Crippen molar-refractivity contribution in [2.45, 2.75) is 23.8 Å². The van der Waals surface area contributed by atoms with Crippen LogP contribution in [0.25, 0.3) is 5.65 Å². The molecule has 0 aliphatic carbocycles. The summed E-state index contributed by atoms with van der Waals surface area (Å²) in [5.41, 5.74) is 4.11. The molecule has 2 aromatic heterocycles. The van der Waals surface area contributed by atoms with E-state index in [9.17, 15) is 9.59 Å². The summed E-state index contributed by atoms with van der Waals surface area (Å²) < 4.78 is 7.95. The van der Waals surface area contributed by atoms with E-state index >= 15 is 0 Å². The predicted octanol–water partition coefficient (Wildman–Crippen LogP) is 7.51. The molecule has 4 aromatic carbocycles. The number of imidazole rings is 1. The predicted molar refractivity (Wildman–Crippen MR) is 172 cm³/mol. The average molecular weight is 596 g/mol. The fourth-order valence-corrected chi connectivity index (χ4v) is 7.02. The lowest BCUT2D eigenvalue weighted by molar-refractivity contribution is -0.129. The third kappa shape index (κ3) is 5.05. The van der Waals surface area contributed by atoms with Crippen molar-refractivity contribution in [3.05, 3.63) is 174 Å². The fourth-order valence-electron chi connectivity index (χ4n) is 5.97. The minimum atomic E-state index is -1.12. The topological polar surface area (TPSA) is 63.9 Å². The molecule has 1 fully saturated rings. The zero-order valence-electron chi connectivity index (χ0n) is 23.8. The van der Waals surface area contributed by atoms with E-state index in [4.69, 9.17) is 4.74 Å². The second kappa shape index (κ2) is 11.9. The molecule has 1 aliphatic rings. The van der Waals surface area contributed by atoms with Gasteiger partial charge in [0, 0.05) is 12.4 Å². The minimum absolute atomic E-state index is 0.205. The van der Waals surface area contributed by atoms with Crippen LogP contribution in [0.1, 0.15) is 27.9 Å². The summed E-state index contributed by atoms with van der Waals surface area (Å²) in [4.78, 5) is 34.3. The van der Waals surface area contributed by atoms with Crippen LogP contribution >= 0.6 is 11.8 Å². The highest BCUT2D eigenvalue weighted by Crippen LogP contribution is 2.47. The van der Waals surface area contributed by atoms with Gasteiger partial charge >= 0.3 is 0 Å². The lowest BCUT2D eigenvalue weighted by Crippen LogP contribution is -2.51. The Morgan fingerprint density at radius 2 is 1.27 bits per heavy atom. The highest BCUT2D eigenvalue weighted by molar-refractivity contribution is 8.15. The first-order chi connectivity index (χ1) is 21.6. The van der Waals surface area contributed by atoms with E-state index in [0.717, 1.165) is 45.4 Å².